The molecule has 2 N–H and O–H groups in total. The molecule has 2 aromatic heterocycles. The number of rotatable bonds is 5. The second kappa shape index (κ2) is 6.33. The van der Waals surface area contributed by atoms with E-state index in [1.807, 2.05) is 0 Å². The molecule has 0 aliphatic heterocycles. The number of pyridine rings is 1. The first kappa shape index (κ1) is 13.5. The number of carboxylic acid groups (broad SMARTS) is 1. The van der Waals surface area contributed by atoms with E-state index in [4.69, 9.17) is 9.52 Å². The number of carboxylic acids is 1. The molecule has 0 saturated carbocycles. The number of nitrogens with zero attached hydrogens (tertiary/aromatic N) is 1. The van der Waals surface area contributed by atoms with Crippen molar-refractivity contribution in [3.05, 3.63) is 59.8 Å². The van der Waals surface area contributed by atoms with E-state index in [1.54, 1.807) is 24.3 Å². The number of nitrogens with one attached hydrogen (secondary N) is 1. The average molecular weight is 272 g/mol. The zero-order valence-electron chi connectivity index (χ0n) is 10.4. The molecular weight excluding hydrogens is 260 g/mol. The third kappa shape index (κ3) is 3.55. The zero-order chi connectivity index (χ0) is 14.4. The topological polar surface area (TPSA) is 92.4 Å². The van der Waals surface area contributed by atoms with Gasteiger partial charge in [0.15, 0.2) is 0 Å². The largest absolute Gasteiger partial charge is 0.478 e. The second-order valence-corrected chi connectivity index (χ2v) is 3.87. The fraction of sp³-hybridized carbons (Fsp3) is 0.0714. The molecule has 0 aliphatic carbocycles. The zero-order valence-corrected chi connectivity index (χ0v) is 10.4. The number of amides is 1. The maximum atomic E-state index is 12.0. The Morgan fingerprint density at radius 1 is 1.35 bits per heavy atom. The molecule has 102 valence electrons. The maximum Gasteiger partial charge on any atom is 0.328 e. The molecule has 0 spiro atoms. The molecule has 0 aliphatic rings. The first-order chi connectivity index (χ1) is 9.66. The lowest BCUT2D eigenvalue weighted by Gasteiger charge is -2.05. The van der Waals surface area contributed by atoms with Crippen LogP contribution >= 0.6 is 0 Å². The highest BCUT2D eigenvalue weighted by Gasteiger charge is 2.11. The summed E-state index contributed by atoms with van der Waals surface area (Å²) in [6, 6.07) is 6.71. The second-order valence-electron chi connectivity index (χ2n) is 3.87. The van der Waals surface area contributed by atoms with Crippen molar-refractivity contribution in [3.63, 3.8) is 0 Å². The standard InChI is InChI=1S/C14H12N2O4/c17-12(18)6-5-10-3-1-7-15-13(10)14(19)16-9-11-4-2-8-20-11/h1-8H,9H2,(H,16,19)(H,17,18)/b6-5+. The van der Waals surface area contributed by atoms with Gasteiger partial charge in [-0.1, -0.05) is 6.07 Å². The quantitative estimate of drug-likeness (QED) is 0.808. The van der Waals surface area contributed by atoms with Crippen molar-refractivity contribution in [1.29, 1.82) is 0 Å². The summed E-state index contributed by atoms with van der Waals surface area (Å²) in [5.41, 5.74) is 0.600. The van der Waals surface area contributed by atoms with Gasteiger partial charge < -0.3 is 14.8 Å². The molecule has 0 unspecified atom stereocenters. The lowest BCUT2D eigenvalue weighted by molar-refractivity contribution is -0.131. The molecular formula is C14H12N2O4. The number of aromatic nitrogens is 1. The van der Waals surface area contributed by atoms with Gasteiger partial charge in [-0.15, -0.1) is 0 Å². The average Bonchev–Trinajstić information content (AvgIpc) is 2.96. The molecule has 2 aromatic rings. The molecule has 2 rings (SSSR count). The van der Waals surface area contributed by atoms with E-state index < -0.39 is 11.9 Å². The van der Waals surface area contributed by atoms with Gasteiger partial charge in [-0.05, 0) is 24.3 Å². The smallest absolute Gasteiger partial charge is 0.328 e. The third-order valence-corrected chi connectivity index (χ3v) is 2.46. The molecule has 6 heteroatoms. The molecule has 0 atom stereocenters. The molecule has 1 amide bonds. The molecule has 0 saturated heterocycles. The van der Waals surface area contributed by atoms with Crippen LogP contribution in [0.1, 0.15) is 21.8 Å². The lowest BCUT2D eigenvalue weighted by Crippen LogP contribution is -2.24. The molecule has 0 radical (unpaired) electrons. The summed E-state index contributed by atoms with van der Waals surface area (Å²) in [4.78, 5) is 26.5. The van der Waals surface area contributed by atoms with Crippen molar-refractivity contribution in [2.24, 2.45) is 0 Å². The lowest BCUT2D eigenvalue weighted by atomic mass is 10.1. The highest BCUT2D eigenvalue weighted by Crippen LogP contribution is 2.08. The van der Waals surface area contributed by atoms with Crippen molar-refractivity contribution in [1.82, 2.24) is 10.3 Å². The number of carbonyl (C=O) groups is 2. The molecule has 6 nitrogen and oxygen atoms in total. The summed E-state index contributed by atoms with van der Waals surface area (Å²) in [5, 5.41) is 11.3. The van der Waals surface area contributed by atoms with Crippen LogP contribution in [0.15, 0.2) is 47.2 Å². The Labute approximate surface area is 114 Å². The van der Waals surface area contributed by atoms with Gasteiger partial charge in [0, 0.05) is 17.8 Å². The summed E-state index contributed by atoms with van der Waals surface area (Å²) in [5.74, 6) is -0.861. The number of furan rings is 1. The molecule has 2 heterocycles. The Kier molecular flexibility index (Phi) is 4.28. The number of carbonyl (C=O) groups excluding carboxylic acids is 1. The van der Waals surface area contributed by atoms with Gasteiger partial charge in [0.2, 0.25) is 0 Å². The summed E-state index contributed by atoms with van der Waals surface area (Å²) in [6.07, 6.45) is 5.28. The van der Waals surface area contributed by atoms with Crippen molar-refractivity contribution >= 4 is 18.0 Å². The van der Waals surface area contributed by atoms with Crippen LogP contribution in [0.5, 0.6) is 0 Å². The highest BCUT2D eigenvalue weighted by molar-refractivity contribution is 5.97. The van der Waals surface area contributed by atoms with Crippen LogP contribution in [0.2, 0.25) is 0 Å². The predicted molar refractivity (Wildman–Crippen MR) is 70.8 cm³/mol. The van der Waals surface area contributed by atoms with Crippen molar-refractivity contribution in [2.75, 3.05) is 0 Å². The normalized spacial score (nSPS) is 10.6. The Morgan fingerprint density at radius 3 is 2.90 bits per heavy atom. The Bertz CT molecular complexity index is 632. The van der Waals surface area contributed by atoms with Crippen LogP contribution in [0.4, 0.5) is 0 Å². The van der Waals surface area contributed by atoms with E-state index in [2.05, 4.69) is 10.3 Å². The van der Waals surface area contributed by atoms with Gasteiger partial charge in [-0.3, -0.25) is 9.78 Å². The first-order valence-electron chi connectivity index (χ1n) is 5.83. The van der Waals surface area contributed by atoms with E-state index in [-0.39, 0.29) is 12.2 Å². The summed E-state index contributed by atoms with van der Waals surface area (Å²) in [6.45, 7) is 0.241. The Morgan fingerprint density at radius 2 is 2.20 bits per heavy atom. The van der Waals surface area contributed by atoms with Crippen LogP contribution in [0.3, 0.4) is 0 Å². The number of aliphatic carboxylic acids is 1. The Balaban J connectivity index is 2.11. The van der Waals surface area contributed by atoms with Crippen molar-refractivity contribution in [2.45, 2.75) is 6.54 Å². The molecule has 0 fully saturated rings. The van der Waals surface area contributed by atoms with Crippen LogP contribution in [-0.4, -0.2) is 22.0 Å². The van der Waals surface area contributed by atoms with Gasteiger partial charge in [-0.2, -0.15) is 0 Å². The van der Waals surface area contributed by atoms with E-state index in [0.29, 0.717) is 11.3 Å². The van der Waals surface area contributed by atoms with E-state index in [9.17, 15) is 9.59 Å². The van der Waals surface area contributed by atoms with E-state index in [0.717, 1.165) is 6.08 Å². The molecule has 20 heavy (non-hydrogen) atoms. The fourth-order valence-electron chi connectivity index (χ4n) is 1.57. The van der Waals surface area contributed by atoms with E-state index >= 15 is 0 Å². The van der Waals surface area contributed by atoms with Crippen LogP contribution in [0, 0.1) is 0 Å². The fourth-order valence-corrected chi connectivity index (χ4v) is 1.57. The number of hydrogen-bond acceptors (Lipinski definition) is 4. The van der Waals surface area contributed by atoms with Crippen molar-refractivity contribution in [3.8, 4) is 0 Å². The highest BCUT2D eigenvalue weighted by atomic mass is 16.4. The van der Waals surface area contributed by atoms with Crippen LogP contribution in [-0.2, 0) is 11.3 Å². The summed E-state index contributed by atoms with van der Waals surface area (Å²) < 4.78 is 5.10. The van der Waals surface area contributed by atoms with Crippen molar-refractivity contribution < 1.29 is 19.1 Å². The van der Waals surface area contributed by atoms with Gasteiger partial charge in [-0.25, -0.2) is 4.79 Å². The Hall–Kier alpha value is -2.89. The monoisotopic (exact) mass is 272 g/mol. The van der Waals surface area contributed by atoms with Gasteiger partial charge in [0.1, 0.15) is 11.5 Å². The summed E-state index contributed by atoms with van der Waals surface area (Å²) in [7, 11) is 0. The minimum atomic E-state index is -1.09. The van der Waals surface area contributed by atoms with Gasteiger partial charge in [0.05, 0.1) is 12.8 Å². The van der Waals surface area contributed by atoms with Crippen LogP contribution in [0.25, 0.3) is 6.08 Å². The number of hydrogen-bond donors (Lipinski definition) is 2. The van der Waals surface area contributed by atoms with Gasteiger partial charge in [0.25, 0.3) is 5.91 Å². The maximum absolute atomic E-state index is 12.0. The molecule has 0 aromatic carbocycles. The first-order valence-corrected chi connectivity index (χ1v) is 5.83. The minimum absolute atomic E-state index is 0.163. The van der Waals surface area contributed by atoms with E-state index in [1.165, 1.54) is 18.5 Å². The SMILES string of the molecule is O=C(O)/C=C/c1cccnc1C(=O)NCc1ccco1. The van der Waals surface area contributed by atoms with Crippen LogP contribution < -0.4 is 5.32 Å². The third-order valence-electron chi connectivity index (χ3n) is 2.46. The molecule has 0 bridgehead atoms. The van der Waals surface area contributed by atoms with Gasteiger partial charge >= 0.3 is 5.97 Å². The summed E-state index contributed by atoms with van der Waals surface area (Å²) >= 11 is 0. The minimum Gasteiger partial charge on any atom is -0.478 e. The predicted octanol–water partition coefficient (Wildman–Crippen LogP) is 1.70.